The van der Waals surface area contributed by atoms with Gasteiger partial charge in [0.05, 0.1) is 12.8 Å². The van der Waals surface area contributed by atoms with E-state index in [0.717, 1.165) is 31.8 Å². The molecule has 19 heavy (non-hydrogen) atoms. The lowest BCUT2D eigenvalue weighted by Gasteiger charge is -2.22. The third-order valence-electron chi connectivity index (χ3n) is 2.95. The maximum Gasteiger partial charge on any atom is 0.407 e. The molecule has 1 unspecified atom stereocenters. The summed E-state index contributed by atoms with van der Waals surface area (Å²) in [7, 11) is 0. The highest BCUT2D eigenvalue weighted by molar-refractivity contribution is 5.68. The van der Waals surface area contributed by atoms with Crippen LogP contribution in [-0.2, 0) is 11.3 Å². The molecule has 1 aliphatic rings. The summed E-state index contributed by atoms with van der Waals surface area (Å²) < 4.78 is 10.6. The number of furan rings is 1. The molecule has 0 aliphatic carbocycles. The van der Waals surface area contributed by atoms with E-state index < -0.39 is 5.60 Å². The monoisotopic (exact) mass is 266 g/mol. The van der Waals surface area contributed by atoms with Crippen LogP contribution in [0.5, 0.6) is 0 Å². The SMILES string of the molecule is CC(C)(C)OC(=O)NC1CCN(Cc2ccco2)C1. The van der Waals surface area contributed by atoms with Crippen LogP contribution in [-0.4, -0.2) is 35.7 Å². The first kappa shape index (κ1) is 13.9. The number of ether oxygens (including phenoxy) is 1. The van der Waals surface area contributed by atoms with Gasteiger partial charge in [-0.2, -0.15) is 0 Å². The van der Waals surface area contributed by atoms with Crippen LogP contribution in [0, 0.1) is 0 Å². The Kier molecular flexibility index (Phi) is 4.14. The van der Waals surface area contributed by atoms with Crippen LogP contribution < -0.4 is 5.32 Å². The van der Waals surface area contributed by atoms with Crippen LogP contribution >= 0.6 is 0 Å². The zero-order valence-corrected chi connectivity index (χ0v) is 11.8. The van der Waals surface area contributed by atoms with E-state index in [9.17, 15) is 4.79 Å². The molecule has 2 rings (SSSR count). The lowest BCUT2D eigenvalue weighted by atomic mass is 10.2. The molecule has 2 heterocycles. The molecule has 0 saturated carbocycles. The molecular weight excluding hydrogens is 244 g/mol. The predicted octanol–water partition coefficient (Wildman–Crippen LogP) is 2.38. The number of amides is 1. The zero-order valence-electron chi connectivity index (χ0n) is 11.8. The summed E-state index contributed by atoms with van der Waals surface area (Å²) in [6.07, 6.45) is 2.29. The average molecular weight is 266 g/mol. The van der Waals surface area contributed by atoms with Crippen molar-refractivity contribution in [3.05, 3.63) is 24.2 Å². The van der Waals surface area contributed by atoms with Crippen molar-refractivity contribution in [2.45, 2.75) is 45.4 Å². The standard InChI is InChI=1S/C14H22N2O3/c1-14(2,3)19-13(17)15-11-6-7-16(9-11)10-12-5-4-8-18-12/h4-5,8,11H,6-7,9-10H2,1-3H3,(H,15,17). The van der Waals surface area contributed by atoms with Gasteiger partial charge in [-0.15, -0.1) is 0 Å². The second kappa shape index (κ2) is 5.65. The minimum atomic E-state index is -0.448. The van der Waals surface area contributed by atoms with Gasteiger partial charge in [0.1, 0.15) is 11.4 Å². The van der Waals surface area contributed by atoms with Gasteiger partial charge >= 0.3 is 6.09 Å². The van der Waals surface area contributed by atoms with E-state index >= 15 is 0 Å². The van der Waals surface area contributed by atoms with Crippen molar-refractivity contribution < 1.29 is 13.9 Å². The van der Waals surface area contributed by atoms with E-state index in [1.807, 2.05) is 32.9 Å². The van der Waals surface area contributed by atoms with Crippen LogP contribution in [0.4, 0.5) is 4.79 Å². The molecule has 1 aromatic rings. The number of nitrogens with one attached hydrogen (secondary N) is 1. The van der Waals surface area contributed by atoms with E-state index in [0.29, 0.717) is 0 Å². The average Bonchev–Trinajstić information content (AvgIpc) is 2.88. The summed E-state index contributed by atoms with van der Waals surface area (Å²) in [6, 6.07) is 4.01. The van der Waals surface area contributed by atoms with Crippen molar-refractivity contribution in [2.75, 3.05) is 13.1 Å². The van der Waals surface area contributed by atoms with Crippen LogP contribution in [0.2, 0.25) is 0 Å². The number of carbonyl (C=O) groups excluding carboxylic acids is 1. The second-order valence-electron chi connectivity index (χ2n) is 5.95. The van der Waals surface area contributed by atoms with Crippen LogP contribution in [0.15, 0.2) is 22.8 Å². The summed E-state index contributed by atoms with van der Waals surface area (Å²) in [5.74, 6) is 0.956. The highest BCUT2D eigenvalue weighted by Gasteiger charge is 2.26. The fourth-order valence-electron chi connectivity index (χ4n) is 2.19. The smallest absolute Gasteiger partial charge is 0.407 e. The summed E-state index contributed by atoms with van der Waals surface area (Å²) in [5, 5.41) is 2.91. The number of nitrogens with zero attached hydrogens (tertiary/aromatic N) is 1. The number of carbonyl (C=O) groups is 1. The Morgan fingerprint density at radius 1 is 1.58 bits per heavy atom. The van der Waals surface area contributed by atoms with Crippen molar-refractivity contribution in [1.82, 2.24) is 10.2 Å². The molecule has 0 spiro atoms. The third kappa shape index (κ3) is 4.59. The minimum absolute atomic E-state index is 0.157. The van der Waals surface area contributed by atoms with Gasteiger partial charge in [0.15, 0.2) is 0 Å². The van der Waals surface area contributed by atoms with Crippen molar-refractivity contribution >= 4 is 6.09 Å². The van der Waals surface area contributed by atoms with Gasteiger partial charge in [-0.25, -0.2) is 4.79 Å². The van der Waals surface area contributed by atoms with E-state index in [2.05, 4.69) is 10.2 Å². The van der Waals surface area contributed by atoms with Gasteiger partial charge in [0, 0.05) is 19.1 Å². The Hall–Kier alpha value is -1.49. The molecular formula is C14H22N2O3. The Morgan fingerprint density at radius 3 is 3.00 bits per heavy atom. The van der Waals surface area contributed by atoms with Crippen molar-refractivity contribution in [1.29, 1.82) is 0 Å². The Balaban J connectivity index is 1.74. The molecule has 1 amide bonds. The fourth-order valence-corrected chi connectivity index (χ4v) is 2.19. The topological polar surface area (TPSA) is 54.7 Å². The summed E-state index contributed by atoms with van der Waals surface area (Å²) in [6.45, 7) is 8.18. The van der Waals surface area contributed by atoms with Crippen LogP contribution in [0.3, 0.4) is 0 Å². The molecule has 1 aliphatic heterocycles. The number of likely N-dealkylation sites (tertiary alicyclic amines) is 1. The first-order valence-electron chi connectivity index (χ1n) is 6.66. The van der Waals surface area contributed by atoms with Crippen molar-refractivity contribution in [3.63, 3.8) is 0 Å². The number of rotatable bonds is 3. The summed E-state index contributed by atoms with van der Waals surface area (Å²) in [4.78, 5) is 13.9. The lowest BCUT2D eigenvalue weighted by Crippen LogP contribution is -2.40. The molecule has 1 saturated heterocycles. The Bertz CT molecular complexity index is 409. The fraction of sp³-hybridized carbons (Fsp3) is 0.643. The second-order valence-corrected chi connectivity index (χ2v) is 5.95. The molecule has 1 atom stereocenters. The Labute approximate surface area is 113 Å². The van der Waals surface area contributed by atoms with Gasteiger partial charge in [0.2, 0.25) is 0 Å². The zero-order chi connectivity index (χ0) is 13.9. The molecule has 0 aromatic carbocycles. The van der Waals surface area contributed by atoms with E-state index in [1.165, 1.54) is 0 Å². The van der Waals surface area contributed by atoms with E-state index in [1.54, 1.807) is 6.26 Å². The van der Waals surface area contributed by atoms with Crippen molar-refractivity contribution in [2.24, 2.45) is 0 Å². The number of hydrogen-bond acceptors (Lipinski definition) is 4. The molecule has 0 radical (unpaired) electrons. The molecule has 5 nitrogen and oxygen atoms in total. The number of hydrogen-bond donors (Lipinski definition) is 1. The van der Waals surface area contributed by atoms with E-state index in [4.69, 9.17) is 9.15 Å². The Morgan fingerprint density at radius 2 is 2.37 bits per heavy atom. The molecule has 106 valence electrons. The third-order valence-corrected chi connectivity index (χ3v) is 2.95. The first-order chi connectivity index (χ1) is 8.92. The molecule has 5 heteroatoms. The molecule has 1 fully saturated rings. The van der Waals surface area contributed by atoms with Gasteiger partial charge in [-0.1, -0.05) is 0 Å². The highest BCUT2D eigenvalue weighted by Crippen LogP contribution is 2.14. The van der Waals surface area contributed by atoms with Crippen LogP contribution in [0.1, 0.15) is 33.0 Å². The van der Waals surface area contributed by atoms with Gasteiger partial charge < -0.3 is 14.5 Å². The highest BCUT2D eigenvalue weighted by atomic mass is 16.6. The maximum absolute atomic E-state index is 11.7. The first-order valence-corrected chi connectivity index (χ1v) is 6.66. The lowest BCUT2D eigenvalue weighted by molar-refractivity contribution is 0.0505. The normalized spacial score (nSPS) is 20.5. The van der Waals surface area contributed by atoms with Crippen molar-refractivity contribution in [3.8, 4) is 0 Å². The van der Waals surface area contributed by atoms with Gasteiger partial charge in [0.25, 0.3) is 0 Å². The predicted molar refractivity (Wildman–Crippen MR) is 71.8 cm³/mol. The molecule has 0 bridgehead atoms. The largest absolute Gasteiger partial charge is 0.468 e. The summed E-state index contributed by atoms with van der Waals surface area (Å²) >= 11 is 0. The van der Waals surface area contributed by atoms with E-state index in [-0.39, 0.29) is 12.1 Å². The summed E-state index contributed by atoms with van der Waals surface area (Å²) in [5.41, 5.74) is -0.448. The molecule has 1 N–H and O–H groups in total. The van der Waals surface area contributed by atoms with Gasteiger partial charge in [-0.3, -0.25) is 4.90 Å². The van der Waals surface area contributed by atoms with Crippen LogP contribution in [0.25, 0.3) is 0 Å². The molecule has 1 aromatic heterocycles. The number of alkyl carbamates (subject to hydrolysis) is 1. The maximum atomic E-state index is 11.7. The van der Waals surface area contributed by atoms with Gasteiger partial charge in [-0.05, 0) is 39.3 Å². The quantitative estimate of drug-likeness (QED) is 0.912. The minimum Gasteiger partial charge on any atom is -0.468 e.